The second-order valence-corrected chi connectivity index (χ2v) is 8.90. The Kier molecular flexibility index (Phi) is 7.02. The fourth-order valence-electron chi connectivity index (χ4n) is 4.63. The predicted octanol–water partition coefficient (Wildman–Crippen LogP) is 4.34. The molecule has 0 atom stereocenters. The first-order chi connectivity index (χ1) is 17.6. The molecule has 1 amide bonds. The zero-order valence-electron chi connectivity index (χ0n) is 20.7. The third-order valence-electron chi connectivity index (χ3n) is 6.60. The van der Waals surface area contributed by atoms with E-state index in [9.17, 15) is 4.79 Å². The molecule has 36 heavy (non-hydrogen) atoms. The van der Waals surface area contributed by atoms with Crippen LogP contribution in [0.2, 0.25) is 0 Å². The molecule has 0 spiro atoms. The van der Waals surface area contributed by atoms with Crippen LogP contribution in [0.4, 0.5) is 5.82 Å². The van der Waals surface area contributed by atoms with Crippen LogP contribution in [0.5, 0.6) is 11.5 Å². The number of fused-ring (bicyclic) bond motifs is 1. The van der Waals surface area contributed by atoms with Gasteiger partial charge >= 0.3 is 0 Å². The lowest BCUT2D eigenvalue weighted by atomic mass is 9.95. The maximum absolute atomic E-state index is 12.8. The normalized spacial score (nSPS) is 14.1. The van der Waals surface area contributed by atoms with Crippen molar-refractivity contribution in [2.45, 2.75) is 26.3 Å². The van der Waals surface area contributed by atoms with Gasteiger partial charge in [-0.2, -0.15) is 5.10 Å². The number of rotatable bonds is 8. The van der Waals surface area contributed by atoms with Crippen molar-refractivity contribution in [1.29, 1.82) is 0 Å². The summed E-state index contributed by atoms with van der Waals surface area (Å²) in [5.74, 6) is 2.65. The highest BCUT2D eigenvalue weighted by molar-refractivity contribution is 5.80. The van der Waals surface area contributed by atoms with Crippen molar-refractivity contribution in [3.63, 3.8) is 0 Å². The Balaban J connectivity index is 1.22. The van der Waals surface area contributed by atoms with Crippen LogP contribution in [-0.2, 0) is 11.3 Å². The molecule has 1 aliphatic heterocycles. The van der Waals surface area contributed by atoms with E-state index in [0.29, 0.717) is 13.2 Å². The molecule has 0 bridgehead atoms. The van der Waals surface area contributed by atoms with Crippen LogP contribution in [0.25, 0.3) is 16.8 Å². The van der Waals surface area contributed by atoms with Crippen molar-refractivity contribution in [2.24, 2.45) is 5.92 Å². The summed E-state index contributed by atoms with van der Waals surface area (Å²) in [4.78, 5) is 19.7. The highest BCUT2D eigenvalue weighted by atomic mass is 16.5. The monoisotopic (exact) mass is 485 g/mol. The zero-order chi connectivity index (χ0) is 24.9. The molecule has 2 aromatic heterocycles. The Bertz CT molecular complexity index is 1330. The van der Waals surface area contributed by atoms with Gasteiger partial charge in [0.25, 0.3) is 0 Å². The number of carbonyl (C=O) groups excluding carboxylic acids is 1. The average molecular weight is 486 g/mol. The summed E-state index contributed by atoms with van der Waals surface area (Å²) < 4.78 is 12.7. The van der Waals surface area contributed by atoms with Gasteiger partial charge in [-0.25, -0.2) is 9.50 Å². The molecule has 1 saturated heterocycles. The number of methoxy groups -OCH3 is 1. The lowest BCUT2D eigenvalue weighted by Crippen LogP contribution is -2.40. The SMILES string of the molecule is CCOc1ccc(CNC(=O)C2CCN(c3nccn4nc(-c5cccc(OC)c5)cc34)CC2)cc1. The zero-order valence-corrected chi connectivity index (χ0v) is 20.7. The van der Waals surface area contributed by atoms with E-state index in [1.165, 1.54) is 0 Å². The van der Waals surface area contributed by atoms with Gasteiger partial charge in [-0.3, -0.25) is 4.79 Å². The maximum Gasteiger partial charge on any atom is 0.223 e. The molecule has 1 fully saturated rings. The Hall–Kier alpha value is -4.07. The number of aromatic nitrogens is 3. The number of carbonyl (C=O) groups is 1. The predicted molar refractivity (Wildman–Crippen MR) is 139 cm³/mol. The van der Waals surface area contributed by atoms with Gasteiger partial charge in [0.15, 0.2) is 5.82 Å². The summed E-state index contributed by atoms with van der Waals surface area (Å²) in [6.07, 6.45) is 5.22. The van der Waals surface area contributed by atoms with Gasteiger partial charge < -0.3 is 19.7 Å². The van der Waals surface area contributed by atoms with Gasteiger partial charge in [0.1, 0.15) is 17.0 Å². The molecular formula is C28H31N5O3. The third kappa shape index (κ3) is 5.12. The van der Waals surface area contributed by atoms with Gasteiger partial charge in [-0.05, 0) is 55.7 Å². The summed E-state index contributed by atoms with van der Waals surface area (Å²) in [5, 5.41) is 7.85. The van der Waals surface area contributed by atoms with Crippen LogP contribution in [-0.4, -0.2) is 47.3 Å². The molecule has 3 heterocycles. The van der Waals surface area contributed by atoms with E-state index in [1.807, 2.05) is 66.2 Å². The topological polar surface area (TPSA) is 81.0 Å². The number of nitrogens with zero attached hydrogens (tertiary/aromatic N) is 4. The second kappa shape index (κ2) is 10.7. The first kappa shape index (κ1) is 23.7. The number of nitrogens with one attached hydrogen (secondary N) is 1. The standard InChI is InChI=1S/C28H31N5O3/c1-3-36-23-9-7-20(8-10-23)19-30-28(34)21-11-14-32(15-12-21)27-26-18-25(31-33(26)16-13-29-27)22-5-4-6-24(17-22)35-2/h4-10,13,16-18,21H,3,11-12,14-15,19H2,1-2H3,(H,30,34). The van der Waals surface area contributed by atoms with Crippen LogP contribution in [0.15, 0.2) is 67.0 Å². The molecule has 0 unspecified atom stereocenters. The molecule has 2 aromatic carbocycles. The van der Waals surface area contributed by atoms with Crippen LogP contribution in [0, 0.1) is 5.92 Å². The van der Waals surface area contributed by atoms with Crippen molar-refractivity contribution < 1.29 is 14.3 Å². The summed E-state index contributed by atoms with van der Waals surface area (Å²) in [5.41, 5.74) is 3.88. The van der Waals surface area contributed by atoms with E-state index in [-0.39, 0.29) is 11.8 Å². The van der Waals surface area contributed by atoms with Crippen LogP contribution >= 0.6 is 0 Å². The minimum atomic E-state index is 0.000867. The summed E-state index contributed by atoms with van der Waals surface area (Å²) in [6.45, 7) is 4.67. The average Bonchev–Trinajstić information content (AvgIpc) is 3.38. The number of hydrogen-bond acceptors (Lipinski definition) is 6. The van der Waals surface area contributed by atoms with E-state index < -0.39 is 0 Å². The minimum absolute atomic E-state index is 0.000867. The quantitative estimate of drug-likeness (QED) is 0.400. The smallest absolute Gasteiger partial charge is 0.223 e. The molecule has 0 aliphatic carbocycles. The molecule has 0 saturated carbocycles. The maximum atomic E-state index is 12.8. The van der Waals surface area contributed by atoms with Crippen LogP contribution in [0.1, 0.15) is 25.3 Å². The Morgan fingerprint density at radius 2 is 1.89 bits per heavy atom. The number of anilines is 1. The molecule has 8 heteroatoms. The van der Waals surface area contributed by atoms with E-state index in [1.54, 1.807) is 13.3 Å². The van der Waals surface area contributed by atoms with Crippen molar-refractivity contribution >= 4 is 17.2 Å². The molecule has 0 radical (unpaired) electrons. The van der Waals surface area contributed by atoms with Crippen LogP contribution < -0.4 is 19.7 Å². The van der Waals surface area contributed by atoms with Crippen molar-refractivity contribution in [1.82, 2.24) is 19.9 Å². The largest absolute Gasteiger partial charge is 0.497 e. The lowest BCUT2D eigenvalue weighted by molar-refractivity contribution is -0.125. The number of hydrogen-bond donors (Lipinski definition) is 1. The second-order valence-electron chi connectivity index (χ2n) is 8.90. The van der Waals surface area contributed by atoms with Gasteiger partial charge in [-0.1, -0.05) is 24.3 Å². The fourth-order valence-corrected chi connectivity index (χ4v) is 4.63. The summed E-state index contributed by atoms with van der Waals surface area (Å²) >= 11 is 0. The minimum Gasteiger partial charge on any atom is -0.497 e. The van der Waals surface area contributed by atoms with Gasteiger partial charge in [-0.15, -0.1) is 0 Å². The Morgan fingerprint density at radius 3 is 2.64 bits per heavy atom. The molecular weight excluding hydrogens is 454 g/mol. The Morgan fingerprint density at radius 1 is 1.08 bits per heavy atom. The molecule has 1 aliphatic rings. The van der Waals surface area contributed by atoms with E-state index in [0.717, 1.165) is 65.6 Å². The Labute approximate surface area is 210 Å². The van der Waals surface area contributed by atoms with Crippen LogP contribution in [0.3, 0.4) is 0 Å². The summed E-state index contributed by atoms with van der Waals surface area (Å²) in [6, 6.07) is 17.8. The van der Waals surface area contributed by atoms with Gasteiger partial charge in [0, 0.05) is 43.5 Å². The first-order valence-corrected chi connectivity index (χ1v) is 12.4. The molecule has 186 valence electrons. The number of amides is 1. The number of piperidine rings is 1. The molecule has 5 rings (SSSR count). The number of ether oxygens (including phenoxy) is 2. The third-order valence-corrected chi connectivity index (χ3v) is 6.60. The molecule has 1 N–H and O–H groups in total. The first-order valence-electron chi connectivity index (χ1n) is 12.4. The van der Waals surface area contributed by atoms with Gasteiger partial charge in [0.2, 0.25) is 5.91 Å². The highest BCUT2D eigenvalue weighted by Crippen LogP contribution is 2.29. The summed E-state index contributed by atoms with van der Waals surface area (Å²) in [7, 11) is 1.66. The van der Waals surface area contributed by atoms with Gasteiger partial charge in [0.05, 0.1) is 19.4 Å². The van der Waals surface area contributed by atoms with Crippen molar-refractivity contribution in [3.05, 3.63) is 72.6 Å². The molecule has 4 aromatic rings. The van der Waals surface area contributed by atoms with E-state index in [2.05, 4.69) is 21.3 Å². The van der Waals surface area contributed by atoms with E-state index >= 15 is 0 Å². The molecule has 8 nitrogen and oxygen atoms in total. The number of benzene rings is 2. The lowest BCUT2D eigenvalue weighted by Gasteiger charge is -2.32. The highest BCUT2D eigenvalue weighted by Gasteiger charge is 2.26. The van der Waals surface area contributed by atoms with Crippen molar-refractivity contribution in [2.75, 3.05) is 31.7 Å². The fraction of sp³-hybridized carbons (Fsp3) is 0.321. The van der Waals surface area contributed by atoms with E-state index in [4.69, 9.17) is 14.6 Å². The van der Waals surface area contributed by atoms with Crippen molar-refractivity contribution in [3.8, 4) is 22.8 Å².